The maximum atomic E-state index is 12.0. The second kappa shape index (κ2) is 9.40. The van der Waals surface area contributed by atoms with Gasteiger partial charge in [0, 0.05) is 11.6 Å². The summed E-state index contributed by atoms with van der Waals surface area (Å²) in [6.07, 6.45) is 0. The molecule has 0 saturated heterocycles. The normalized spacial score (nSPS) is 13.5. The Morgan fingerprint density at radius 2 is 1.70 bits per heavy atom. The fourth-order valence-corrected chi connectivity index (χ4v) is 2.40. The smallest absolute Gasteiger partial charge is 0.278 e. The minimum absolute atomic E-state index is 0.0582. The summed E-state index contributed by atoms with van der Waals surface area (Å²) in [5.41, 5.74) is 1.11. The summed E-state index contributed by atoms with van der Waals surface area (Å²) in [7, 11) is 0. The lowest BCUT2D eigenvalue weighted by atomic mass is 10.1. The van der Waals surface area contributed by atoms with E-state index in [0.717, 1.165) is 17.1 Å². The zero-order valence-electron chi connectivity index (χ0n) is 15.2. The van der Waals surface area contributed by atoms with E-state index in [1.807, 2.05) is 52.8 Å². The molecule has 5 nitrogen and oxygen atoms in total. The molecule has 1 aromatic rings. The van der Waals surface area contributed by atoms with Crippen LogP contribution in [-0.2, 0) is 4.79 Å². The maximum Gasteiger partial charge on any atom is 0.278 e. The SMILES string of the molecule is CCOc1ccc([C@H](C)[NH2+][C@@H](C)C(=O)NC(C)C)cc1OCC. The first-order chi connectivity index (χ1) is 10.9. The van der Waals surface area contributed by atoms with Gasteiger partial charge in [0.15, 0.2) is 17.5 Å². The molecule has 3 N–H and O–H groups in total. The molecule has 0 spiro atoms. The van der Waals surface area contributed by atoms with Crippen molar-refractivity contribution in [3.8, 4) is 11.5 Å². The van der Waals surface area contributed by atoms with Gasteiger partial charge >= 0.3 is 0 Å². The highest BCUT2D eigenvalue weighted by Crippen LogP contribution is 2.30. The number of nitrogens with two attached hydrogens (primary N) is 1. The number of ether oxygens (including phenoxy) is 2. The molecule has 5 heteroatoms. The van der Waals surface area contributed by atoms with Gasteiger partial charge in [-0.05, 0) is 59.7 Å². The van der Waals surface area contributed by atoms with E-state index in [9.17, 15) is 4.79 Å². The van der Waals surface area contributed by atoms with Gasteiger partial charge in [0.25, 0.3) is 5.91 Å². The van der Waals surface area contributed by atoms with Crippen LogP contribution in [0.3, 0.4) is 0 Å². The minimum Gasteiger partial charge on any atom is -0.490 e. The van der Waals surface area contributed by atoms with E-state index < -0.39 is 0 Å². The van der Waals surface area contributed by atoms with Crippen molar-refractivity contribution in [1.29, 1.82) is 0 Å². The quantitative estimate of drug-likeness (QED) is 0.731. The minimum atomic E-state index is -0.144. The Kier molecular flexibility index (Phi) is 7.89. The topological polar surface area (TPSA) is 64.2 Å². The van der Waals surface area contributed by atoms with Gasteiger partial charge in [-0.15, -0.1) is 0 Å². The van der Waals surface area contributed by atoms with Crippen LogP contribution in [0, 0.1) is 0 Å². The van der Waals surface area contributed by atoms with Gasteiger partial charge in [0.2, 0.25) is 0 Å². The predicted octanol–water partition coefficient (Wildman–Crippen LogP) is 2.02. The van der Waals surface area contributed by atoms with Crippen LogP contribution in [0.2, 0.25) is 0 Å². The third kappa shape index (κ3) is 6.10. The summed E-state index contributed by atoms with van der Waals surface area (Å²) >= 11 is 0. The van der Waals surface area contributed by atoms with Gasteiger partial charge < -0.3 is 20.1 Å². The highest BCUT2D eigenvalue weighted by Gasteiger charge is 2.21. The monoisotopic (exact) mass is 323 g/mol. The molecule has 0 bridgehead atoms. The van der Waals surface area contributed by atoms with Gasteiger partial charge in [-0.1, -0.05) is 0 Å². The molecule has 0 aliphatic heterocycles. The van der Waals surface area contributed by atoms with Crippen molar-refractivity contribution in [2.24, 2.45) is 0 Å². The Bertz CT molecular complexity index is 503. The number of carbonyl (C=O) groups excluding carboxylic acids is 1. The zero-order chi connectivity index (χ0) is 17.4. The molecular formula is C18H31N2O3+. The van der Waals surface area contributed by atoms with Crippen molar-refractivity contribution in [2.45, 2.75) is 59.7 Å². The Hall–Kier alpha value is -1.75. The number of carbonyl (C=O) groups is 1. The lowest BCUT2D eigenvalue weighted by molar-refractivity contribution is -0.710. The van der Waals surface area contributed by atoms with Gasteiger partial charge in [-0.25, -0.2) is 0 Å². The van der Waals surface area contributed by atoms with Crippen molar-refractivity contribution < 1.29 is 19.6 Å². The third-order valence-electron chi connectivity index (χ3n) is 3.52. The second-order valence-corrected chi connectivity index (χ2v) is 6.01. The summed E-state index contributed by atoms with van der Waals surface area (Å²) in [4.78, 5) is 12.0. The Labute approximate surface area is 139 Å². The van der Waals surface area contributed by atoms with Gasteiger partial charge in [-0.2, -0.15) is 0 Å². The molecule has 2 atom stereocenters. The molecule has 0 aliphatic carbocycles. The van der Waals surface area contributed by atoms with Crippen LogP contribution in [0.5, 0.6) is 11.5 Å². The van der Waals surface area contributed by atoms with Crippen LogP contribution in [0.4, 0.5) is 0 Å². The van der Waals surface area contributed by atoms with Gasteiger partial charge in [-0.3, -0.25) is 4.79 Å². The van der Waals surface area contributed by atoms with Crippen LogP contribution in [-0.4, -0.2) is 31.2 Å². The fourth-order valence-electron chi connectivity index (χ4n) is 2.40. The largest absolute Gasteiger partial charge is 0.490 e. The fraction of sp³-hybridized carbons (Fsp3) is 0.611. The van der Waals surface area contributed by atoms with Crippen molar-refractivity contribution in [3.05, 3.63) is 23.8 Å². The second-order valence-electron chi connectivity index (χ2n) is 6.01. The first kappa shape index (κ1) is 19.3. The van der Waals surface area contributed by atoms with Crippen molar-refractivity contribution in [3.63, 3.8) is 0 Å². The van der Waals surface area contributed by atoms with Crippen LogP contribution < -0.4 is 20.1 Å². The van der Waals surface area contributed by atoms with Crippen LogP contribution in [0.25, 0.3) is 0 Å². The predicted molar refractivity (Wildman–Crippen MR) is 91.9 cm³/mol. The van der Waals surface area contributed by atoms with E-state index in [1.165, 1.54) is 0 Å². The van der Waals surface area contributed by atoms with E-state index in [-0.39, 0.29) is 24.0 Å². The van der Waals surface area contributed by atoms with Crippen molar-refractivity contribution in [1.82, 2.24) is 5.32 Å². The van der Waals surface area contributed by atoms with E-state index in [2.05, 4.69) is 17.6 Å². The molecule has 0 aromatic heterocycles. The van der Waals surface area contributed by atoms with Crippen LogP contribution >= 0.6 is 0 Å². The maximum absolute atomic E-state index is 12.0. The van der Waals surface area contributed by atoms with Crippen LogP contribution in [0.1, 0.15) is 53.1 Å². The molecule has 0 aliphatic rings. The van der Waals surface area contributed by atoms with E-state index >= 15 is 0 Å². The van der Waals surface area contributed by atoms with Gasteiger partial charge in [0.05, 0.1) is 13.2 Å². The lowest BCUT2D eigenvalue weighted by Crippen LogP contribution is -2.92. The number of rotatable bonds is 9. The highest BCUT2D eigenvalue weighted by molar-refractivity contribution is 5.80. The number of amides is 1. The molecule has 0 saturated carbocycles. The summed E-state index contributed by atoms with van der Waals surface area (Å²) in [5.74, 6) is 1.57. The molecule has 1 aromatic carbocycles. The van der Waals surface area contributed by atoms with E-state index in [0.29, 0.717) is 13.2 Å². The molecule has 0 unspecified atom stereocenters. The molecule has 1 rings (SSSR count). The Balaban J connectivity index is 2.80. The summed E-state index contributed by atoms with van der Waals surface area (Å²) < 4.78 is 11.3. The standard InChI is InChI=1S/C18H30N2O3/c1-7-22-16-10-9-15(11-17(16)23-8-2)13(5)20-14(6)18(21)19-12(3)4/h9-14,20H,7-8H2,1-6H3,(H,19,21)/p+1/t13-,14-/m0/s1. The number of nitrogens with one attached hydrogen (secondary N) is 1. The molecule has 23 heavy (non-hydrogen) atoms. The molecule has 0 fully saturated rings. The average molecular weight is 323 g/mol. The molecule has 0 heterocycles. The van der Waals surface area contributed by atoms with Gasteiger partial charge in [0.1, 0.15) is 6.04 Å². The zero-order valence-corrected chi connectivity index (χ0v) is 15.2. The molecule has 130 valence electrons. The molecule has 1 amide bonds. The van der Waals surface area contributed by atoms with Crippen molar-refractivity contribution in [2.75, 3.05) is 13.2 Å². The Morgan fingerprint density at radius 1 is 1.09 bits per heavy atom. The number of hydrogen-bond donors (Lipinski definition) is 2. The third-order valence-corrected chi connectivity index (χ3v) is 3.52. The highest BCUT2D eigenvalue weighted by atomic mass is 16.5. The summed E-state index contributed by atoms with van der Waals surface area (Å²) in [6.45, 7) is 13.0. The first-order valence-electron chi connectivity index (χ1n) is 8.43. The van der Waals surface area contributed by atoms with E-state index in [4.69, 9.17) is 9.47 Å². The lowest BCUT2D eigenvalue weighted by Gasteiger charge is -2.19. The molecular weight excluding hydrogens is 292 g/mol. The van der Waals surface area contributed by atoms with E-state index in [1.54, 1.807) is 0 Å². The summed E-state index contributed by atoms with van der Waals surface area (Å²) in [6, 6.07) is 6.13. The number of quaternary nitrogens is 1. The molecule has 0 radical (unpaired) electrons. The van der Waals surface area contributed by atoms with Crippen molar-refractivity contribution >= 4 is 5.91 Å². The number of benzene rings is 1. The summed E-state index contributed by atoms with van der Waals surface area (Å²) in [5, 5.41) is 5.00. The van der Waals surface area contributed by atoms with Crippen LogP contribution in [0.15, 0.2) is 18.2 Å². The number of hydrogen-bond acceptors (Lipinski definition) is 3. The average Bonchev–Trinajstić information content (AvgIpc) is 2.48. The Morgan fingerprint density at radius 3 is 2.26 bits per heavy atom. The first-order valence-corrected chi connectivity index (χ1v) is 8.43.